The number of carbonyl (C=O) groups is 2. The molecule has 1 aromatic heterocycles. The number of hydrogen-bond donors (Lipinski definition) is 1. The number of amides is 1. The third kappa shape index (κ3) is 3.08. The number of carbonyl (C=O) groups excluding carboxylic acids is 2. The van der Waals surface area contributed by atoms with E-state index in [1.54, 1.807) is 12.3 Å². The second-order valence-electron chi connectivity index (χ2n) is 5.48. The van der Waals surface area contributed by atoms with Crippen molar-refractivity contribution in [2.75, 3.05) is 26.2 Å². The molecule has 0 radical (unpaired) electrons. The van der Waals surface area contributed by atoms with Crippen molar-refractivity contribution in [3.05, 3.63) is 16.1 Å². The molecule has 0 aromatic carbocycles. The molecule has 21 heavy (non-hydrogen) atoms. The van der Waals surface area contributed by atoms with E-state index in [0.717, 1.165) is 43.8 Å². The molecular formula is C14H19N3O3S. The Morgan fingerprint density at radius 3 is 2.86 bits per heavy atom. The standard InChI is InChI=1S/C14H19N3O3S/c1-2-20-14(19)13-16-11(8-21-13)12(18)15-10-7-17-5-3-9(10)4-6-17/h8-10H,2-7H2,1H3,(H,15,18). The van der Waals surface area contributed by atoms with Crippen molar-refractivity contribution >= 4 is 23.2 Å². The fraction of sp³-hybridized carbons (Fsp3) is 0.643. The number of ether oxygens (including phenoxy) is 1. The van der Waals surface area contributed by atoms with Gasteiger partial charge in [-0.25, -0.2) is 9.78 Å². The van der Waals surface area contributed by atoms with Crippen molar-refractivity contribution in [2.45, 2.75) is 25.8 Å². The molecule has 2 bridgehead atoms. The van der Waals surface area contributed by atoms with Crippen LogP contribution in [0, 0.1) is 5.92 Å². The van der Waals surface area contributed by atoms with E-state index in [0.29, 0.717) is 18.2 Å². The van der Waals surface area contributed by atoms with Crippen molar-refractivity contribution < 1.29 is 14.3 Å². The van der Waals surface area contributed by atoms with Crippen LogP contribution in [0.25, 0.3) is 0 Å². The molecule has 6 nitrogen and oxygen atoms in total. The van der Waals surface area contributed by atoms with Gasteiger partial charge in [0.25, 0.3) is 5.91 Å². The summed E-state index contributed by atoms with van der Waals surface area (Å²) in [7, 11) is 0. The predicted molar refractivity (Wildman–Crippen MR) is 78.5 cm³/mol. The maximum Gasteiger partial charge on any atom is 0.367 e. The predicted octanol–water partition coefficient (Wildman–Crippen LogP) is 1.14. The zero-order valence-electron chi connectivity index (χ0n) is 12.0. The van der Waals surface area contributed by atoms with Gasteiger partial charge < -0.3 is 15.0 Å². The fourth-order valence-corrected chi connectivity index (χ4v) is 3.72. The van der Waals surface area contributed by atoms with Crippen LogP contribution in [0.4, 0.5) is 0 Å². The highest BCUT2D eigenvalue weighted by atomic mass is 32.1. The first-order chi connectivity index (χ1) is 10.2. The number of rotatable bonds is 4. The van der Waals surface area contributed by atoms with Gasteiger partial charge in [-0.1, -0.05) is 0 Å². The summed E-state index contributed by atoms with van der Waals surface area (Å²) in [6, 6.07) is 0.202. The molecule has 3 saturated heterocycles. The lowest BCUT2D eigenvalue weighted by molar-refractivity contribution is 0.0526. The number of nitrogens with one attached hydrogen (secondary N) is 1. The van der Waals surface area contributed by atoms with Crippen LogP contribution in [0.3, 0.4) is 0 Å². The molecule has 4 rings (SSSR count). The maximum absolute atomic E-state index is 12.2. The third-order valence-corrected chi connectivity index (χ3v) is 4.98. The van der Waals surface area contributed by atoms with Gasteiger partial charge in [0.2, 0.25) is 5.01 Å². The number of aromatic nitrogens is 1. The van der Waals surface area contributed by atoms with Crippen molar-refractivity contribution in [3.8, 4) is 0 Å². The van der Waals surface area contributed by atoms with E-state index in [-0.39, 0.29) is 17.0 Å². The molecule has 4 heterocycles. The monoisotopic (exact) mass is 309 g/mol. The second-order valence-corrected chi connectivity index (χ2v) is 6.33. The van der Waals surface area contributed by atoms with Crippen molar-refractivity contribution in [1.29, 1.82) is 0 Å². The molecular weight excluding hydrogens is 290 g/mol. The van der Waals surface area contributed by atoms with Gasteiger partial charge in [-0.2, -0.15) is 0 Å². The van der Waals surface area contributed by atoms with Crippen molar-refractivity contribution in [1.82, 2.24) is 15.2 Å². The minimum atomic E-state index is -0.468. The molecule has 1 unspecified atom stereocenters. The smallest absolute Gasteiger partial charge is 0.367 e. The van der Waals surface area contributed by atoms with Gasteiger partial charge in [0, 0.05) is 18.0 Å². The normalized spacial score (nSPS) is 27.4. The molecule has 114 valence electrons. The summed E-state index contributed by atoms with van der Waals surface area (Å²) in [5, 5.41) is 4.91. The van der Waals surface area contributed by atoms with E-state index in [4.69, 9.17) is 4.74 Å². The number of thiazole rings is 1. The van der Waals surface area contributed by atoms with E-state index in [2.05, 4.69) is 15.2 Å². The Labute approximate surface area is 127 Å². The quantitative estimate of drug-likeness (QED) is 0.845. The molecule has 1 amide bonds. The molecule has 3 aliphatic rings. The Morgan fingerprint density at radius 1 is 1.48 bits per heavy atom. The Balaban J connectivity index is 1.62. The van der Waals surface area contributed by atoms with Crippen LogP contribution < -0.4 is 5.32 Å². The maximum atomic E-state index is 12.2. The van der Waals surface area contributed by atoms with Gasteiger partial charge >= 0.3 is 5.97 Å². The van der Waals surface area contributed by atoms with Gasteiger partial charge in [-0.3, -0.25) is 4.79 Å². The van der Waals surface area contributed by atoms with Gasteiger partial charge in [0.1, 0.15) is 5.69 Å². The topological polar surface area (TPSA) is 71.5 Å². The summed E-state index contributed by atoms with van der Waals surface area (Å²) >= 11 is 1.15. The van der Waals surface area contributed by atoms with Crippen LogP contribution in [-0.2, 0) is 4.74 Å². The van der Waals surface area contributed by atoms with Crippen LogP contribution >= 0.6 is 11.3 Å². The average molecular weight is 309 g/mol. The summed E-state index contributed by atoms with van der Waals surface area (Å²) in [5.41, 5.74) is 0.305. The molecule has 3 fully saturated rings. The molecule has 3 aliphatic heterocycles. The summed E-state index contributed by atoms with van der Waals surface area (Å²) in [5.74, 6) is -0.0907. The van der Waals surface area contributed by atoms with Gasteiger partial charge in [-0.15, -0.1) is 11.3 Å². The Bertz CT molecular complexity index is 537. The summed E-state index contributed by atoms with van der Waals surface area (Å²) < 4.78 is 4.88. The third-order valence-electron chi connectivity index (χ3n) is 4.16. The average Bonchev–Trinajstić information content (AvgIpc) is 2.99. The minimum Gasteiger partial charge on any atom is -0.461 e. The van der Waals surface area contributed by atoms with Gasteiger partial charge in [0.05, 0.1) is 6.61 Å². The number of fused-ring (bicyclic) bond motifs is 3. The fourth-order valence-electron chi connectivity index (χ4n) is 3.04. The van der Waals surface area contributed by atoms with E-state index in [1.165, 1.54) is 0 Å². The van der Waals surface area contributed by atoms with Crippen LogP contribution in [0.2, 0.25) is 0 Å². The molecule has 0 spiro atoms. The van der Waals surface area contributed by atoms with Crippen LogP contribution in [-0.4, -0.2) is 54.0 Å². The molecule has 1 atom stereocenters. The first kappa shape index (κ1) is 14.5. The number of nitrogens with zero attached hydrogens (tertiary/aromatic N) is 2. The minimum absolute atomic E-state index is 0.194. The van der Waals surface area contributed by atoms with Gasteiger partial charge in [-0.05, 0) is 38.8 Å². The highest BCUT2D eigenvalue weighted by Crippen LogP contribution is 2.27. The van der Waals surface area contributed by atoms with E-state index < -0.39 is 5.97 Å². The lowest BCUT2D eigenvalue weighted by Gasteiger charge is -2.44. The molecule has 1 aromatic rings. The molecule has 7 heteroatoms. The summed E-state index contributed by atoms with van der Waals surface area (Å²) in [6.07, 6.45) is 2.30. The molecule has 0 aliphatic carbocycles. The number of piperidine rings is 3. The van der Waals surface area contributed by atoms with E-state index >= 15 is 0 Å². The van der Waals surface area contributed by atoms with Gasteiger partial charge in [0.15, 0.2) is 0 Å². The Hall–Kier alpha value is -1.47. The first-order valence-electron chi connectivity index (χ1n) is 7.33. The van der Waals surface area contributed by atoms with E-state index in [1.807, 2.05) is 0 Å². The zero-order chi connectivity index (χ0) is 14.8. The number of hydrogen-bond acceptors (Lipinski definition) is 6. The van der Waals surface area contributed by atoms with Crippen LogP contribution in [0.15, 0.2) is 5.38 Å². The lowest BCUT2D eigenvalue weighted by atomic mass is 9.84. The second kappa shape index (κ2) is 6.11. The first-order valence-corrected chi connectivity index (χ1v) is 8.21. The van der Waals surface area contributed by atoms with Crippen LogP contribution in [0.1, 0.15) is 40.1 Å². The van der Waals surface area contributed by atoms with Crippen molar-refractivity contribution in [2.24, 2.45) is 5.92 Å². The van der Waals surface area contributed by atoms with E-state index in [9.17, 15) is 9.59 Å². The lowest BCUT2D eigenvalue weighted by Crippen LogP contribution is -2.57. The summed E-state index contributed by atoms with van der Waals surface area (Å²) in [4.78, 5) is 30.3. The molecule has 1 N–H and O–H groups in total. The highest BCUT2D eigenvalue weighted by molar-refractivity contribution is 7.11. The number of esters is 1. The van der Waals surface area contributed by atoms with Crippen molar-refractivity contribution in [3.63, 3.8) is 0 Å². The zero-order valence-corrected chi connectivity index (χ0v) is 12.8. The SMILES string of the molecule is CCOC(=O)c1nc(C(=O)NC2CN3CCC2CC3)cs1. The Morgan fingerprint density at radius 2 is 2.24 bits per heavy atom. The highest BCUT2D eigenvalue weighted by Gasteiger charge is 2.35. The summed E-state index contributed by atoms with van der Waals surface area (Å²) in [6.45, 7) is 5.25. The Kier molecular flexibility index (Phi) is 4.21. The van der Waals surface area contributed by atoms with Crippen LogP contribution in [0.5, 0.6) is 0 Å². The molecule has 0 saturated carbocycles. The largest absolute Gasteiger partial charge is 0.461 e.